The van der Waals surface area contributed by atoms with Crippen LogP contribution in [0.15, 0.2) is 40.4 Å². The van der Waals surface area contributed by atoms with Crippen molar-refractivity contribution in [2.24, 2.45) is 5.92 Å². The van der Waals surface area contributed by atoms with Gasteiger partial charge in [0.05, 0.1) is 35.6 Å². The Labute approximate surface area is 235 Å². The van der Waals surface area contributed by atoms with Gasteiger partial charge in [-0.25, -0.2) is 28.2 Å². The molecule has 3 aromatic heterocycles. The standard InChI is InChI=1S/C26H19F8N5O4/c27-16-10-39(9-11-2-1-3-12(4-11)42-17-8-37-38-23(40)19(17)26(32,33)34)24(41)18-14(16)5-15(20(28)21(18)29)22-35-6-13(7-36-22)43-25(30)31/h5-8,10-12,25H,1-4,9H2,(H,38,40)/t11-,12+/m1/s1. The maximum absolute atomic E-state index is 15.2. The Bertz CT molecular complexity index is 1780. The normalized spacial score (nSPS) is 17.4. The van der Waals surface area contributed by atoms with Crippen LogP contribution >= 0.6 is 0 Å². The first-order chi connectivity index (χ1) is 20.3. The van der Waals surface area contributed by atoms with Crippen LogP contribution < -0.4 is 20.6 Å². The van der Waals surface area contributed by atoms with Crippen molar-refractivity contribution in [2.45, 2.75) is 51.1 Å². The van der Waals surface area contributed by atoms with Crippen LogP contribution in [0.3, 0.4) is 0 Å². The molecule has 0 unspecified atom stereocenters. The van der Waals surface area contributed by atoms with Crippen LogP contribution in [0.2, 0.25) is 0 Å². The van der Waals surface area contributed by atoms with Crippen molar-refractivity contribution in [1.82, 2.24) is 24.7 Å². The van der Waals surface area contributed by atoms with Crippen LogP contribution in [0.4, 0.5) is 35.1 Å². The van der Waals surface area contributed by atoms with Crippen LogP contribution in [-0.4, -0.2) is 37.4 Å². The fourth-order valence-electron chi connectivity index (χ4n) is 5.06. The number of rotatable bonds is 7. The molecule has 43 heavy (non-hydrogen) atoms. The molecule has 0 radical (unpaired) electrons. The summed E-state index contributed by atoms with van der Waals surface area (Å²) in [6.45, 7) is -3.37. The van der Waals surface area contributed by atoms with Crippen molar-refractivity contribution in [2.75, 3.05) is 0 Å². The number of benzene rings is 1. The van der Waals surface area contributed by atoms with E-state index in [0.717, 1.165) is 35.4 Å². The minimum Gasteiger partial charge on any atom is -0.488 e. The molecule has 4 aromatic rings. The highest BCUT2D eigenvalue weighted by Crippen LogP contribution is 2.36. The molecule has 9 nitrogen and oxygen atoms in total. The largest absolute Gasteiger partial charge is 0.488 e. The zero-order valence-electron chi connectivity index (χ0n) is 21.6. The molecule has 1 N–H and O–H groups in total. The van der Waals surface area contributed by atoms with E-state index in [2.05, 4.69) is 19.8 Å². The summed E-state index contributed by atoms with van der Waals surface area (Å²) in [7, 11) is 0. The quantitative estimate of drug-likeness (QED) is 0.283. The first kappa shape index (κ1) is 29.9. The Morgan fingerprint density at radius 1 is 1.05 bits per heavy atom. The number of pyridine rings is 1. The van der Waals surface area contributed by atoms with Crippen molar-refractivity contribution in [3.8, 4) is 22.9 Å². The lowest BCUT2D eigenvalue weighted by atomic mass is 9.87. The number of ether oxygens (including phenoxy) is 2. The number of hydrogen-bond acceptors (Lipinski definition) is 7. The monoisotopic (exact) mass is 617 g/mol. The summed E-state index contributed by atoms with van der Waals surface area (Å²) < 4.78 is 121. The molecule has 5 rings (SSSR count). The van der Waals surface area contributed by atoms with E-state index in [-0.39, 0.29) is 13.0 Å². The summed E-state index contributed by atoms with van der Waals surface area (Å²) in [5, 5.41) is 3.59. The van der Waals surface area contributed by atoms with E-state index in [1.54, 1.807) is 5.10 Å². The van der Waals surface area contributed by atoms with E-state index in [1.807, 2.05) is 0 Å². The molecular formula is C26H19F8N5O4. The summed E-state index contributed by atoms with van der Waals surface area (Å²) >= 11 is 0. The topological polar surface area (TPSA) is 112 Å². The van der Waals surface area contributed by atoms with Gasteiger partial charge in [-0.1, -0.05) is 0 Å². The van der Waals surface area contributed by atoms with Crippen LogP contribution in [0.5, 0.6) is 11.5 Å². The van der Waals surface area contributed by atoms with Gasteiger partial charge in [0, 0.05) is 18.1 Å². The fourth-order valence-corrected chi connectivity index (χ4v) is 5.06. The van der Waals surface area contributed by atoms with Gasteiger partial charge in [0.1, 0.15) is 5.82 Å². The lowest BCUT2D eigenvalue weighted by Gasteiger charge is -2.30. The van der Waals surface area contributed by atoms with E-state index in [0.29, 0.717) is 19.3 Å². The van der Waals surface area contributed by atoms with Gasteiger partial charge in [-0.3, -0.25) is 9.59 Å². The molecule has 1 aliphatic carbocycles. The molecule has 1 aromatic carbocycles. The number of halogens is 8. The van der Waals surface area contributed by atoms with E-state index in [9.17, 15) is 31.5 Å². The lowest BCUT2D eigenvalue weighted by molar-refractivity contribution is -0.140. The summed E-state index contributed by atoms with van der Waals surface area (Å²) in [5.41, 5.74) is -4.72. The number of H-pyrrole nitrogens is 1. The molecule has 3 heterocycles. The Hall–Kier alpha value is -4.57. The van der Waals surface area contributed by atoms with Crippen LogP contribution in [-0.2, 0) is 12.7 Å². The Balaban J connectivity index is 1.41. The van der Waals surface area contributed by atoms with Crippen molar-refractivity contribution >= 4 is 10.8 Å². The highest BCUT2D eigenvalue weighted by atomic mass is 19.4. The summed E-state index contributed by atoms with van der Waals surface area (Å²) in [4.78, 5) is 32.2. The maximum atomic E-state index is 15.2. The van der Waals surface area contributed by atoms with Gasteiger partial charge >= 0.3 is 12.8 Å². The van der Waals surface area contributed by atoms with Crippen molar-refractivity contribution in [3.05, 3.63) is 74.6 Å². The minimum atomic E-state index is -5.01. The third-order valence-corrected chi connectivity index (χ3v) is 6.89. The predicted octanol–water partition coefficient (Wildman–Crippen LogP) is 5.22. The maximum Gasteiger partial charge on any atom is 0.425 e. The van der Waals surface area contributed by atoms with Gasteiger partial charge < -0.3 is 14.0 Å². The number of fused-ring (bicyclic) bond motifs is 1. The predicted molar refractivity (Wildman–Crippen MR) is 132 cm³/mol. The van der Waals surface area contributed by atoms with Crippen LogP contribution in [0, 0.1) is 23.4 Å². The Morgan fingerprint density at radius 3 is 2.44 bits per heavy atom. The molecular weight excluding hydrogens is 598 g/mol. The number of nitrogens with one attached hydrogen (secondary N) is 1. The average Bonchev–Trinajstić information content (AvgIpc) is 2.93. The van der Waals surface area contributed by atoms with Gasteiger partial charge in [-0.05, 0) is 37.7 Å². The van der Waals surface area contributed by atoms with Gasteiger partial charge in [0.25, 0.3) is 11.1 Å². The molecule has 1 aliphatic rings. The highest BCUT2D eigenvalue weighted by Gasteiger charge is 2.39. The second-order valence-corrected chi connectivity index (χ2v) is 9.74. The Morgan fingerprint density at radius 2 is 1.77 bits per heavy atom. The van der Waals surface area contributed by atoms with Gasteiger partial charge in [0.15, 0.2) is 34.5 Å². The molecule has 0 bridgehead atoms. The molecule has 0 spiro atoms. The highest BCUT2D eigenvalue weighted by molar-refractivity contribution is 5.87. The molecule has 1 saturated carbocycles. The molecule has 2 atom stereocenters. The zero-order chi connectivity index (χ0) is 31.1. The van der Waals surface area contributed by atoms with E-state index < -0.39 is 92.6 Å². The first-order valence-corrected chi connectivity index (χ1v) is 12.6. The summed E-state index contributed by atoms with van der Waals surface area (Å²) in [6, 6.07) is 0.816. The molecule has 228 valence electrons. The molecule has 17 heteroatoms. The van der Waals surface area contributed by atoms with Crippen LogP contribution in [0.1, 0.15) is 31.2 Å². The van der Waals surface area contributed by atoms with E-state index in [4.69, 9.17) is 4.74 Å². The van der Waals surface area contributed by atoms with Gasteiger partial charge in [0.2, 0.25) is 0 Å². The summed E-state index contributed by atoms with van der Waals surface area (Å²) in [6.07, 6.45) is -1.39. The molecule has 1 fully saturated rings. The number of nitrogens with zero attached hydrogens (tertiary/aromatic N) is 4. The van der Waals surface area contributed by atoms with Crippen LogP contribution in [0.25, 0.3) is 22.2 Å². The number of hydrogen-bond donors (Lipinski definition) is 1. The minimum absolute atomic E-state index is 0.106. The fraction of sp³-hybridized carbons (Fsp3) is 0.346. The number of aromatic nitrogens is 5. The summed E-state index contributed by atoms with van der Waals surface area (Å²) in [5.74, 6) is -6.51. The van der Waals surface area contributed by atoms with Crippen molar-refractivity contribution in [3.63, 3.8) is 0 Å². The van der Waals surface area contributed by atoms with Crippen molar-refractivity contribution < 1.29 is 44.6 Å². The molecule has 0 aliphatic heterocycles. The van der Waals surface area contributed by atoms with Gasteiger partial charge in [-0.15, -0.1) is 0 Å². The third-order valence-electron chi connectivity index (χ3n) is 6.89. The third kappa shape index (κ3) is 6.15. The van der Waals surface area contributed by atoms with Crippen molar-refractivity contribution in [1.29, 1.82) is 0 Å². The lowest BCUT2D eigenvalue weighted by Crippen LogP contribution is -2.32. The molecule has 0 amide bonds. The second-order valence-electron chi connectivity index (χ2n) is 9.74. The molecule has 0 saturated heterocycles. The van der Waals surface area contributed by atoms with E-state index in [1.165, 1.54) is 0 Å². The zero-order valence-corrected chi connectivity index (χ0v) is 21.6. The average molecular weight is 617 g/mol. The smallest absolute Gasteiger partial charge is 0.425 e. The SMILES string of the molecule is O=c1[nH]ncc(O[C@H]2CCC[C@@H](Cn3cc(F)c4cc(-c5ncc(OC(F)F)cn5)c(F)c(F)c4c3=O)C2)c1C(F)(F)F. The van der Waals surface area contributed by atoms with E-state index >= 15 is 13.2 Å². The Kier molecular flexibility index (Phi) is 8.07. The first-order valence-electron chi connectivity index (χ1n) is 12.6. The number of aromatic amines is 1. The van der Waals surface area contributed by atoms with Gasteiger partial charge in [-0.2, -0.15) is 27.1 Å². The number of alkyl halides is 5. The second kappa shape index (κ2) is 11.6.